The summed E-state index contributed by atoms with van der Waals surface area (Å²) in [4.78, 5) is 6.50. The molecule has 1 aromatic heterocycles. The first-order valence-corrected chi connectivity index (χ1v) is 8.23. The van der Waals surface area contributed by atoms with Crippen LogP contribution < -0.4 is 4.74 Å². The lowest BCUT2D eigenvalue weighted by atomic mass is 9.98. The number of piperidine rings is 1. The minimum atomic E-state index is -0.232. The van der Waals surface area contributed by atoms with E-state index < -0.39 is 0 Å². The summed E-state index contributed by atoms with van der Waals surface area (Å²) in [7, 11) is 0. The molecular formula is C17H23FN4O. The van der Waals surface area contributed by atoms with Crippen molar-refractivity contribution in [2.24, 2.45) is 5.92 Å². The van der Waals surface area contributed by atoms with Crippen LogP contribution in [0.5, 0.6) is 5.75 Å². The van der Waals surface area contributed by atoms with Gasteiger partial charge in [0, 0.05) is 19.6 Å². The van der Waals surface area contributed by atoms with E-state index in [1.165, 1.54) is 25.0 Å². The van der Waals surface area contributed by atoms with Gasteiger partial charge in [-0.25, -0.2) is 9.37 Å². The Morgan fingerprint density at radius 2 is 2.13 bits per heavy atom. The van der Waals surface area contributed by atoms with Crippen LogP contribution in [0.2, 0.25) is 0 Å². The maximum atomic E-state index is 12.8. The summed E-state index contributed by atoms with van der Waals surface area (Å²) in [5, 5.41) is 4.19. The molecule has 0 spiro atoms. The van der Waals surface area contributed by atoms with Gasteiger partial charge in [-0.3, -0.25) is 4.68 Å². The highest BCUT2D eigenvalue weighted by molar-refractivity contribution is 5.21. The maximum absolute atomic E-state index is 12.8. The fraction of sp³-hybridized carbons (Fsp3) is 0.529. The van der Waals surface area contributed by atoms with Crippen LogP contribution in [0.3, 0.4) is 0 Å². The zero-order valence-corrected chi connectivity index (χ0v) is 13.3. The lowest BCUT2D eigenvalue weighted by Crippen LogP contribution is -2.38. The molecule has 1 aliphatic rings. The normalized spacial score (nSPS) is 18.9. The Morgan fingerprint density at radius 3 is 2.91 bits per heavy atom. The van der Waals surface area contributed by atoms with Gasteiger partial charge in [-0.05, 0) is 56.0 Å². The van der Waals surface area contributed by atoms with Crippen LogP contribution in [0.15, 0.2) is 36.9 Å². The van der Waals surface area contributed by atoms with Crippen molar-refractivity contribution in [1.29, 1.82) is 0 Å². The Labute approximate surface area is 136 Å². The smallest absolute Gasteiger partial charge is 0.137 e. The molecule has 1 saturated heterocycles. The SMILES string of the molecule is Fc1ccc(OCCCN2CCC[C@H](Cn3cncn3)C2)cc1. The first-order chi connectivity index (χ1) is 11.3. The summed E-state index contributed by atoms with van der Waals surface area (Å²) in [6.45, 7) is 4.91. The van der Waals surface area contributed by atoms with Crippen molar-refractivity contribution >= 4 is 0 Å². The number of rotatable bonds is 7. The van der Waals surface area contributed by atoms with Gasteiger partial charge in [0.25, 0.3) is 0 Å². The van der Waals surface area contributed by atoms with E-state index in [0.29, 0.717) is 12.5 Å². The van der Waals surface area contributed by atoms with E-state index in [9.17, 15) is 4.39 Å². The van der Waals surface area contributed by atoms with Crippen molar-refractivity contribution in [3.63, 3.8) is 0 Å². The number of nitrogens with zero attached hydrogens (tertiary/aromatic N) is 4. The van der Waals surface area contributed by atoms with Crippen LogP contribution in [0.4, 0.5) is 4.39 Å². The van der Waals surface area contributed by atoms with E-state index in [1.807, 2.05) is 4.68 Å². The van der Waals surface area contributed by atoms with Crippen molar-refractivity contribution in [1.82, 2.24) is 19.7 Å². The Morgan fingerprint density at radius 1 is 1.26 bits per heavy atom. The molecule has 0 saturated carbocycles. The highest BCUT2D eigenvalue weighted by Crippen LogP contribution is 2.18. The average Bonchev–Trinajstić information content (AvgIpc) is 3.07. The van der Waals surface area contributed by atoms with Crippen LogP contribution in [-0.4, -0.2) is 45.9 Å². The van der Waals surface area contributed by atoms with Gasteiger partial charge >= 0.3 is 0 Å². The number of likely N-dealkylation sites (tertiary alicyclic amines) is 1. The quantitative estimate of drug-likeness (QED) is 0.736. The van der Waals surface area contributed by atoms with Crippen molar-refractivity contribution < 1.29 is 9.13 Å². The van der Waals surface area contributed by atoms with Crippen molar-refractivity contribution in [2.45, 2.75) is 25.8 Å². The molecular weight excluding hydrogens is 295 g/mol. The van der Waals surface area contributed by atoms with E-state index in [0.717, 1.165) is 38.3 Å². The molecule has 124 valence electrons. The van der Waals surface area contributed by atoms with Crippen LogP contribution in [0.1, 0.15) is 19.3 Å². The largest absolute Gasteiger partial charge is 0.494 e. The van der Waals surface area contributed by atoms with Gasteiger partial charge in [0.2, 0.25) is 0 Å². The fourth-order valence-electron chi connectivity index (χ4n) is 3.10. The first kappa shape index (κ1) is 15.9. The molecule has 2 aromatic rings. The number of ether oxygens (including phenoxy) is 1. The summed E-state index contributed by atoms with van der Waals surface area (Å²) in [5.41, 5.74) is 0. The van der Waals surface area contributed by atoms with Gasteiger partial charge in [0.05, 0.1) is 6.61 Å². The molecule has 0 amide bonds. The average molecular weight is 318 g/mol. The summed E-state index contributed by atoms with van der Waals surface area (Å²) in [6, 6.07) is 6.19. The third kappa shape index (κ3) is 5.03. The Balaban J connectivity index is 1.35. The van der Waals surface area contributed by atoms with E-state index in [2.05, 4.69) is 15.0 Å². The Bertz CT molecular complexity index is 573. The summed E-state index contributed by atoms with van der Waals surface area (Å²) >= 11 is 0. The minimum Gasteiger partial charge on any atom is -0.494 e. The molecule has 0 radical (unpaired) electrons. The Hall–Kier alpha value is -1.95. The van der Waals surface area contributed by atoms with Gasteiger partial charge in [0.1, 0.15) is 24.2 Å². The number of benzene rings is 1. The molecule has 23 heavy (non-hydrogen) atoms. The standard InChI is InChI=1S/C17H23FN4O/c18-16-4-6-17(7-5-16)23-10-2-9-21-8-1-3-15(11-21)12-22-14-19-13-20-22/h4-7,13-15H,1-3,8-12H2/t15-/m0/s1. The van der Waals surface area contributed by atoms with Crippen molar-refractivity contribution in [3.05, 3.63) is 42.7 Å². The molecule has 5 nitrogen and oxygen atoms in total. The highest BCUT2D eigenvalue weighted by atomic mass is 19.1. The predicted molar refractivity (Wildman–Crippen MR) is 85.7 cm³/mol. The van der Waals surface area contributed by atoms with E-state index in [-0.39, 0.29) is 5.82 Å². The molecule has 1 aliphatic heterocycles. The zero-order chi connectivity index (χ0) is 15.9. The predicted octanol–water partition coefficient (Wildman–Crippen LogP) is 2.60. The molecule has 1 atom stereocenters. The number of aromatic nitrogens is 3. The lowest BCUT2D eigenvalue weighted by molar-refractivity contribution is 0.150. The number of halogens is 1. The van der Waals surface area contributed by atoms with Crippen molar-refractivity contribution in [3.8, 4) is 5.75 Å². The van der Waals surface area contributed by atoms with Crippen LogP contribution in [0, 0.1) is 11.7 Å². The van der Waals surface area contributed by atoms with Crippen LogP contribution in [-0.2, 0) is 6.54 Å². The fourth-order valence-corrected chi connectivity index (χ4v) is 3.10. The number of hydrogen-bond donors (Lipinski definition) is 0. The summed E-state index contributed by atoms with van der Waals surface area (Å²) in [6.07, 6.45) is 6.84. The molecule has 0 aliphatic carbocycles. The maximum Gasteiger partial charge on any atom is 0.137 e. The third-order valence-corrected chi connectivity index (χ3v) is 4.22. The third-order valence-electron chi connectivity index (χ3n) is 4.22. The lowest BCUT2D eigenvalue weighted by Gasteiger charge is -2.32. The van der Waals surface area contributed by atoms with Crippen LogP contribution >= 0.6 is 0 Å². The zero-order valence-electron chi connectivity index (χ0n) is 13.3. The topological polar surface area (TPSA) is 43.2 Å². The second-order valence-electron chi connectivity index (χ2n) is 6.08. The minimum absolute atomic E-state index is 0.232. The van der Waals surface area contributed by atoms with Gasteiger partial charge < -0.3 is 9.64 Å². The van der Waals surface area contributed by atoms with E-state index in [4.69, 9.17) is 4.74 Å². The molecule has 0 unspecified atom stereocenters. The summed E-state index contributed by atoms with van der Waals surface area (Å²) in [5.74, 6) is 1.14. The first-order valence-electron chi connectivity index (χ1n) is 8.23. The van der Waals surface area contributed by atoms with Gasteiger partial charge in [0.15, 0.2) is 0 Å². The van der Waals surface area contributed by atoms with E-state index >= 15 is 0 Å². The molecule has 0 bridgehead atoms. The van der Waals surface area contributed by atoms with Gasteiger partial charge in [-0.15, -0.1) is 0 Å². The Kier molecular flexibility index (Phi) is 5.58. The van der Waals surface area contributed by atoms with E-state index in [1.54, 1.807) is 24.8 Å². The molecule has 6 heteroatoms. The summed E-state index contributed by atoms with van der Waals surface area (Å²) < 4.78 is 20.4. The van der Waals surface area contributed by atoms with Gasteiger partial charge in [-0.1, -0.05) is 0 Å². The van der Waals surface area contributed by atoms with Crippen molar-refractivity contribution in [2.75, 3.05) is 26.2 Å². The molecule has 1 fully saturated rings. The number of hydrogen-bond acceptors (Lipinski definition) is 4. The second-order valence-corrected chi connectivity index (χ2v) is 6.08. The second kappa shape index (κ2) is 8.06. The molecule has 1 aromatic carbocycles. The molecule has 0 N–H and O–H groups in total. The molecule has 3 rings (SSSR count). The van der Waals surface area contributed by atoms with Gasteiger partial charge in [-0.2, -0.15) is 5.10 Å². The highest BCUT2D eigenvalue weighted by Gasteiger charge is 2.20. The van der Waals surface area contributed by atoms with Crippen LogP contribution in [0.25, 0.3) is 0 Å². The monoisotopic (exact) mass is 318 g/mol. The molecule has 2 heterocycles.